The van der Waals surface area contributed by atoms with Crippen LogP contribution in [0, 0.1) is 25.2 Å². The van der Waals surface area contributed by atoms with E-state index in [1.54, 1.807) is 23.2 Å². The number of hydrogen-bond donors (Lipinski definition) is 1. The Balaban J connectivity index is 1.46. The maximum Gasteiger partial charge on any atom is 0.266 e. The fourth-order valence-corrected chi connectivity index (χ4v) is 4.88. The van der Waals surface area contributed by atoms with Gasteiger partial charge in [-0.3, -0.25) is 9.48 Å². The first-order chi connectivity index (χ1) is 15.0. The summed E-state index contributed by atoms with van der Waals surface area (Å²) in [6.45, 7) is 5.65. The van der Waals surface area contributed by atoms with Gasteiger partial charge in [0.1, 0.15) is 11.6 Å². The van der Waals surface area contributed by atoms with Crippen molar-refractivity contribution >= 4 is 17.7 Å². The van der Waals surface area contributed by atoms with Crippen molar-refractivity contribution in [3.63, 3.8) is 0 Å². The van der Waals surface area contributed by atoms with E-state index in [2.05, 4.69) is 41.0 Å². The van der Waals surface area contributed by atoms with Crippen LogP contribution in [0.4, 0.5) is 5.69 Å². The maximum atomic E-state index is 12.7. The highest BCUT2D eigenvalue weighted by Gasteiger charge is 2.21. The summed E-state index contributed by atoms with van der Waals surface area (Å²) in [7, 11) is 0. The summed E-state index contributed by atoms with van der Waals surface area (Å²) in [5.41, 5.74) is 3.91. The minimum Gasteiger partial charge on any atom is -0.376 e. The van der Waals surface area contributed by atoms with Gasteiger partial charge in [0.25, 0.3) is 5.91 Å². The second kappa shape index (κ2) is 9.52. The third kappa shape index (κ3) is 4.91. The van der Waals surface area contributed by atoms with Gasteiger partial charge in [-0.2, -0.15) is 10.4 Å². The SMILES string of the molecule is Cc1cc(/C=C(/C#N)C(=O)Nc2cnn(CC3CCCO3)c2)c(C)n1C1CCCCC1. The third-order valence-corrected chi connectivity index (χ3v) is 6.43. The Labute approximate surface area is 183 Å². The molecule has 1 saturated heterocycles. The van der Waals surface area contributed by atoms with E-state index < -0.39 is 5.91 Å². The molecule has 164 valence electrons. The molecule has 31 heavy (non-hydrogen) atoms. The van der Waals surface area contributed by atoms with E-state index in [0.717, 1.165) is 30.7 Å². The van der Waals surface area contributed by atoms with Crippen molar-refractivity contribution in [3.8, 4) is 6.07 Å². The fourth-order valence-electron chi connectivity index (χ4n) is 4.88. The van der Waals surface area contributed by atoms with Crippen molar-refractivity contribution in [2.75, 3.05) is 11.9 Å². The van der Waals surface area contributed by atoms with Crippen LogP contribution in [0.15, 0.2) is 24.0 Å². The molecule has 2 aromatic rings. The van der Waals surface area contributed by atoms with Crippen molar-refractivity contribution < 1.29 is 9.53 Å². The topological polar surface area (TPSA) is 84.9 Å². The number of amides is 1. The number of ether oxygens (including phenoxy) is 1. The minimum absolute atomic E-state index is 0.0933. The Morgan fingerprint density at radius 1 is 1.29 bits per heavy atom. The smallest absolute Gasteiger partial charge is 0.266 e. The van der Waals surface area contributed by atoms with Crippen LogP contribution in [0.25, 0.3) is 6.08 Å². The summed E-state index contributed by atoms with van der Waals surface area (Å²) in [6, 6.07) is 4.66. The molecule has 1 aliphatic heterocycles. The predicted molar refractivity (Wildman–Crippen MR) is 119 cm³/mol. The van der Waals surface area contributed by atoms with E-state index in [-0.39, 0.29) is 11.7 Å². The zero-order valence-electron chi connectivity index (χ0n) is 18.4. The van der Waals surface area contributed by atoms with Crippen molar-refractivity contribution in [1.29, 1.82) is 5.26 Å². The predicted octanol–water partition coefficient (Wildman–Crippen LogP) is 4.53. The fraction of sp³-hybridized carbons (Fsp3) is 0.542. The van der Waals surface area contributed by atoms with Gasteiger partial charge in [0.2, 0.25) is 0 Å². The molecule has 1 unspecified atom stereocenters. The molecule has 0 radical (unpaired) electrons. The number of nitrogens with one attached hydrogen (secondary N) is 1. The van der Waals surface area contributed by atoms with E-state index in [1.165, 1.54) is 37.8 Å². The van der Waals surface area contributed by atoms with Crippen LogP contribution in [0.1, 0.15) is 67.9 Å². The van der Waals surface area contributed by atoms with Gasteiger partial charge < -0.3 is 14.6 Å². The third-order valence-electron chi connectivity index (χ3n) is 6.43. The van der Waals surface area contributed by atoms with Crippen LogP contribution < -0.4 is 5.32 Å². The lowest BCUT2D eigenvalue weighted by Crippen LogP contribution is -2.16. The van der Waals surface area contributed by atoms with Gasteiger partial charge in [-0.15, -0.1) is 0 Å². The van der Waals surface area contributed by atoms with Gasteiger partial charge >= 0.3 is 0 Å². The lowest BCUT2D eigenvalue weighted by atomic mass is 9.95. The van der Waals surface area contributed by atoms with Gasteiger partial charge in [-0.1, -0.05) is 19.3 Å². The molecule has 1 aliphatic carbocycles. The van der Waals surface area contributed by atoms with E-state index in [4.69, 9.17) is 4.74 Å². The number of carbonyl (C=O) groups excluding carboxylic acids is 1. The molecule has 4 rings (SSSR count). The van der Waals surface area contributed by atoms with Gasteiger partial charge in [-0.05, 0) is 57.2 Å². The first-order valence-corrected chi connectivity index (χ1v) is 11.3. The largest absolute Gasteiger partial charge is 0.376 e. The van der Waals surface area contributed by atoms with E-state index in [0.29, 0.717) is 18.3 Å². The van der Waals surface area contributed by atoms with Gasteiger partial charge in [0.05, 0.1) is 24.5 Å². The van der Waals surface area contributed by atoms with Gasteiger partial charge in [-0.25, -0.2) is 0 Å². The second-order valence-corrected chi connectivity index (χ2v) is 8.70. The Hall–Kier alpha value is -2.85. The number of aryl methyl sites for hydroxylation is 1. The Morgan fingerprint density at radius 3 is 2.81 bits per heavy atom. The average Bonchev–Trinajstić information content (AvgIpc) is 3.49. The molecular formula is C24H31N5O2. The van der Waals surface area contributed by atoms with Crippen LogP contribution in [0.5, 0.6) is 0 Å². The standard InChI is InChI=1S/C24H31N5O2/c1-17-11-19(18(2)29(17)22-7-4-3-5-8-22)12-20(13-25)24(30)27-21-14-26-28(15-21)16-23-9-6-10-31-23/h11-12,14-15,22-23H,3-10,16H2,1-2H3,(H,27,30)/b20-12-. The minimum atomic E-state index is -0.415. The number of anilines is 1. The van der Waals surface area contributed by atoms with Crippen LogP contribution in [0.3, 0.4) is 0 Å². The highest BCUT2D eigenvalue weighted by atomic mass is 16.5. The monoisotopic (exact) mass is 421 g/mol. The zero-order chi connectivity index (χ0) is 21.8. The average molecular weight is 422 g/mol. The van der Waals surface area contributed by atoms with Gasteiger partial charge in [0, 0.05) is 30.2 Å². The van der Waals surface area contributed by atoms with E-state index >= 15 is 0 Å². The molecule has 2 aromatic heterocycles. The number of aromatic nitrogens is 3. The molecule has 7 nitrogen and oxygen atoms in total. The molecule has 1 atom stereocenters. The molecule has 2 aliphatic rings. The summed E-state index contributed by atoms with van der Waals surface area (Å²) in [5.74, 6) is -0.415. The molecule has 7 heteroatoms. The molecule has 2 fully saturated rings. The maximum absolute atomic E-state index is 12.7. The van der Waals surface area contributed by atoms with Gasteiger partial charge in [0.15, 0.2) is 0 Å². The van der Waals surface area contributed by atoms with Crippen molar-refractivity contribution in [2.24, 2.45) is 0 Å². The van der Waals surface area contributed by atoms with Crippen molar-refractivity contribution in [3.05, 3.63) is 41.0 Å². The molecule has 1 amide bonds. The van der Waals surface area contributed by atoms with E-state index in [1.807, 2.05) is 0 Å². The first kappa shape index (κ1) is 21.4. The zero-order valence-corrected chi connectivity index (χ0v) is 18.4. The quantitative estimate of drug-likeness (QED) is 0.548. The Kier molecular flexibility index (Phi) is 6.57. The highest BCUT2D eigenvalue weighted by Crippen LogP contribution is 2.32. The van der Waals surface area contributed by atoms with Crippen molar-refractivity contribution in [2.45, 2.75) is 77.5 Å². The summed E-state index contributed by atoms with van der Waals surface area (Å²) in [5, 5.41) is 16.7. The molecule has 0 aromatic carbocycles. The Bertz CT molecular complexity index is 998. The summed E-state index contributed by atoms with van der Waals surface area (Å²) < 4.78 is 9.79. The van der Waals surface area contributed by atoms with Crippen LogP contribution >= 0.6 is 0 Å². The van der Waals surface area contributed by atoms with Crippen LogP contribution in [-0.4, -0.2) is 33.0 Å². The number of nitriles is 1. The number of carbonyl (C=O) groups is 1. The summed E-state index contributed by atoms with van der Waals surface area (Å²) in [6.07, 6.45) is 13.6. The first-order valence-electron chi connectivity index (χ1n) is 11.3. The molecular weight excluding hydrogens is 390 g/mol. The lowest BCUT2D eigenvalue weighted by Gasteiger charge is -2.26. The normalized spacial score (nSPS) is 20.0. The summed E-state index contributed by atoms with van der Waals surface area (Å²) >= 11 is 0. The summed E-state index contributed by atoms with van der Waals surface area (Å²) in [4.78, 5) is 12.7. The van der Waals surface area contributed by atoms with E-state index in [9.17, 15) is 10.1 Å². The number of rotatable bonds is 6. The van der Waals surface area contributed by atoms with Crippen molar-refractivity contribution in [1.82, 2.24) is 14.3 Å². The molecule has 1 saturated carbocycles. The Morgan fingerprint density at radius 2 is 2.10 bits per heavy atom. The molecule has 1 N–H and O–H groups in total. The molecule has 3 heterocycles. The molecule has 0 bridgehead atoms. The number of nitrogens with zero attached hydrogens (tertiary/aromatic N) is 4. The highest BCUT2D eigenvalue weighted by molar-refractivity contribution is 6.09. The molecule has 0 spiro atoms. The second-order valence-electron chi connectivity index (χ2n) is 8.70. The number of hydrogen-bond acceptors (Lipinski definition) is 4. The van der Waals surface area contributed by atoms with Crippen LogP contribution in [-0.2, 0) is 16.1 Å². The van der Waals surface area contributed by atoms with Crippen LogP contribution in [0.2, 0.25) is 0 Å². The lowest BCUT2D eigenvalue weighted by molar-refractivity contribution is -0.112.